The fraction of sp³-hybridized carbons (Fsp3) is 0.188. The van der Waals surface area contributed by atoms with Crippen molar-refractivity contribution < 1.29 is 9.72 Å². The number of anilines is 1. The van der Waals surface area contributed by atoms with Crippen LogP contribution in [0.1, 0.15) is 5.56 Å². The fourth-order valence-corrected chi connectivity index (χ4v) is 2.01. The number of amides is 1. The van der Waals surface area contributed by atoms with Gasteiger partial charge in [0.25, 0.3) is 5.69 Å². The number of nitro benzene ring substituents is 1. The van der Waals surface area contributed by atoms with E-state index in [0.717, 1.165) is 6.42 Å². The smallest absolute Gasteiger partial charge is 0.292 e. The molecule has 0 spiro atoms. The average Bonchev–Trinajstić information content (AvgIpc) is 2.53. The van der Waals surface area contributed by atoms with Crippen molar-refractivity contribution in [3.05, 3.63) is 70.3 Å². The Morgan fingerprint density at radius 1 is 1.05 bits per heavy atom. The molecule has 0 saturated carbocycles. The third kappa shape index (κ3) is 4.68. The number of para-hydroxylation sites is 2. The van der Waals surface area contributed by atoms with Gasteiger partial charge in [-0.15, -0.1) is 0 Å². The molecule has 0 radical (unpaired) electrons. The minimum Gasteiger partial charge on any atom is -0.319 e. The van der Waals surface area contributed by atoms with E-state index in [1.807, 2.05) is 30.3 Å². The van der Waals surface area contributed by atoms with Crippen LogP contribution in [-0.4, -0.2) is 23.9 Å². The van der Waals surface area contributed by atoms with Crippen molar-refractivity contribution in [1.29, 1.82) is 0 Å². The van der Waals surface area contributed by atoms with Crippen LogP contribution in [-0.2, 0) is 11.2 Å². The molecule has 0 fully saturated rings. The zero-order chi connectivity index (χ0) is 15.8. The van der Waals surface area contributed by atoms with Crippen LogP contribution >= 0.6 is 0 Å². The lowest BCUT2D eigenvalue weighted by atomic mass is 10.1. The van der Waals surface area contributed by atoms with Gasteiger partial charge in [-0.25, -0.2) is 0 Å². The zero-order valence-electron chi connectivity index (χ0n) is 12.0. The molecule has 0 aromatic heterocycles. The SMILES string of the molecule is O=C(CNCCc1ccccc1)Nc1ccccc1[N+](=O)[O-]. The van der Waals surface area contributed by atoms with E-state index >= 15 is 0 Å². The van der Waals surface area contributed by atoms with Crippen LogP contribution in [0.3, 0.4) is 0 Å². The summed E-state index contributed by atoms with van der Waals surface area (Å²) in [7, 11) is 0. The highest BCUT2D eigenvalue weighted by Gasteiger charge is 2.14. The summed E-state index contributed by atoms with van der Waals surface area (Å²) in [5, 5.41) is 16.4. The number of nitro groups is 1. The number of carbonyl (C=O) groups excluding carboxylic acids is 1. The van der Waals surface area contributed by atoms with Gasteiger partial charge in [-0.05, 0) is 24.6 Å². The maximum atomic E-state index is 11.8. The second-order valence-corrected chi connectivity index (χ2v) is 4.73. The third-order valence-corrected chi connectivity index (χ3v) is 3.09. The second kappa shape index (κ2) is 7.90. The molecule has 0 aliphatic carbocycles. The average molecular weight is 299 g/mol. The first kappa shape index (κ1) is 15.7. The molecule has 0 aliphatic heterocycles. The Morgan fingerprint density at radius 2 is 1.73 bits per heavy atom. The van der Waals surface area contributed by atoms with Crippen LogP contribution < -0.4 is 10.6 Å². The molecule has 0 saturated heterocycles. The van der Waals surface area contributed by atoms with E-state index in [1.54, 1.807) is 12.1 Å². The molecule has 114 valence electrons. The van der Waals surface area contributed by atoms with E-state index in [2.05, 4.69) is 10.6 Å². The first-order chi connectivity index (χ1) is 10.7. The lowest BCUT2D eigenvalue weighted by Gasteiger charge is -2.07. The molecule has 0 atom stereocenters. The van der Waals surface area contributed by atoms with Crippen LogP contribution in [0.5, 0.6) is 0 Å². The van der Waals surface area contributed by atoms with Gasteiger partial charge in [0.15, 0.2) is 0 Å². The van der Waals surface area contributed by atoms with E-state index in [4.69, 9.17) is 0 Å². The van der Waals surface area contributed by atoms with Crippen LogP contribution in [0.2, 0.25) is 0 Å². The quantitative estimate of drug-likeness (QED) is 0.467. The van der Waals surface area contributed by atoms with Gasteiger partial charge in [-0.3, -0.25) is 14.9 Å². The fourth-order valence-electron chi connectivity index (χ4n) is 2.01. The molecule has 1 amide bonds. The monoisotopic (exact) mass is 299 g/mol. The molecule has 0 bridgehead atoms. The van der Waals surface area contributed by atoms with Crippen molar-refractivity contribution in [2.45, 2.75) is 6.42 Å². The number of hydrogen-bond donors (Lipinski definition) is 2. The summed E-state index contributed by atoms with van der Waals surface area (Å²) in [6, 6.07) is 16.0. The minimum absolute atomic E-state index is 0.110. The number of nitrogens with zero attached hydrogens (tertiary/aromatic N) is 1. The van der Waals surface area contributed by atoms with Crippen molar-refractivity contribution in [2.75, 3.05) is 18.4 Å². The summed E-state index contributed by atoms with van der Waals surface area (Å²) in [6.07, 6.45) is 0.819. The number of benzene rings is 2. The first-order valence-corrected chi connectivity index (χ1v) is 6.95. The van der Waals surface area contributed by atoms with Gasteiger partial charge in [-0.1, -0.05) is 42.5 Å². The zero-order valence-corrected chi connectivity index (χ0v) is 12.0. The van der Waals surface area contributed by atoms with Crippen molar-refractivity contribution >= 4 is 17.3 Å². The van der Waals surface area contributed by atoms with Crippen LogP contribution in [0, 0.1) is 10.1 Å². The van der Waals surface area contributed by atoms with E-state index < -0.39 is 4.92 Å². The molecule has 2 aromatic carbocycles. The standard InChI is InChI=1S/C16H17N3O3/c20-16(12-17-11-10-13-6-2-1-3-7-13)18-14-8-4-5-9-15(14)19(21)22/h1-9,17H,10-12H2,(H,18,20). The number of nitrogens with one attached hydrogen (secondary N) is 2. The van der Waals surface area contributed by atoms with Crippen LogP contribution in [0.4, 0.5) is 11.4 Å². The summed E-state index contributed by atoms with van der Waals surface area (Å²) >= 11 is 0. The van der Waals surface area contributed by atoms with Gasteiger partial charge in [0.1, 0.15) is 5.69 Å². The predicted molar refractivity (Wildman–Crippen MR) is 84.7 cm³/mol. The Kier molecular flexibility index (Phi) is 5.62. The highest BCUT2D eigenvalue weighted by Crippen LogP contribution is 2.22. The van der Waals surface area contributed by atoms with Gasteiger partial charge >= 0.3 is 0 Å². The number of carbonyl (C=O) groups is 1. The molecule has 0 unspecified atom stereocenters. The lowest BCUT2D eigenvalue weighted by Crippen LogP contribution is -2.29. The lowest BCUT2D eigenvalue weighted by molar-refractivity contribution is -0.383. The summed E-state index contributed by atoms with van der Waals surface area (Å²) in [5.74, 6) is -0.303. The van der Waals surface area contributed by atoms with Crippen LogP contribution in [0.15, 0.2) is 54.6 Å². The van der Waals surface area contributed by atoms with E-state index in [1.165, 1.54) is 17.7 Å². The Morgan fingerprint density at radius 3 is 2.45 bits per heavy atom. The van der Waals surface area contributed by atoms with Gasteiger partial charge in [0.05, 0.1) is 11.5 Å². The maximum absolute atomic E-state index is 11.8. The van der Waals surface area contributed by atoms with Crippen molar-refractivity contribution in [2.24, 2.45) is 0 Å². The molecule has 2 rings (SSSR count). The van der Waals surface area contributed by atoms with Gasteiger partial charge in [-0.2, -0.15) is 0 Å². The van der Waals surface area contributed by atoms with Gasteiger partial charge in [0.2, 0.25) is 5.91 Å². The molecular formula is C16H17N3O3. The van der Waals surface area contributed by atoms with E-state index in [9.17, 15) is 14.9 Å². The van der Waals surface area contributed by atoms with Crippen molar-refractivity contribution in [1.82, 2.24) is 5.32 Å². The van der Waals surface area contributed by atoms with E-state index in [0.29, 0.717) is 6.54 Å². The third-order valence-electron chi connectivity index (χ3n) is 3.09. The molecule has 22 heavy (non-hydrogen) atoms. The Hall–Kier alpha value is -2.73. The largest absolute Gasteiger partial charge is 0.319 e. The molecule has 6 heteroatoms. The Labute approximate surface area is 128 Å². The van der Waals surface area contributed by atoms with Crippen molar-refractivity contribution in [3.63, 3.8) is 0 Å². The first-order valence-electron chi connectivity index (χ1n) is 6.95. The molecular weight excluding hydrogens is 282 g/mol. The molecule has 2 aromatic rings. The van der Waals surface area contributed by atoms with Gasteiger partial charge < -0.3 is 10.6 Å². The van der Waals surface area contributed by atoms with Gasteiger partial charge in [0, 0.05) is 6.07 Å². The summed E-state index contributed by atoms with van der Waals surface area (Å²) < 4.78 is 0. The Balaban J connectivity index is 1.78. The summed E-state index contributed by atoms with van der Waals surface area (Å²) in [4.78, 5) is 22.1. The normalized spacial score (nSPS) is 10.2. The van der Waals surface area contributed by atoms with Crippen LogP contribution in [0.25, 0.3) is 0 Å². The number of hydrogen-bond acceptors (Lipinski definition) is 4. The topological polar surface area (TPSA) is 84.3 Å². The maximum Gasteiger partial charge on any atom is 0.292 e. The highest BCUT2D eigenvalue weighted by molar-refractivity contribution is 5.94. The molecule has 0 heterocycles. The number of rotatable bonds is 7. The second-order valence-electron chi connectivity index (χ2n) is 4.73. The Bertz CT molecular complexity index is 644. The molecule has 2 N–H and O–H groups in total. The summed E-state index contributed by atoms with van der Waals surface area (Å²) in [5.41, 5.74) is 1.29. The van der Waals surface area contributed by atoms with E-state index in [-0.39, 0.29) is 23.8 Å². The summed E-state index contributed by atoms with van der Waals surface area (Å²) in [6.45, 7) is 0.771. The highest BCUT2D eigenvalue weighted by atomic mass is 16.6. The predicted octanol–water partition coefficient (Wildman–Crippen LogP) is 2.37. The minimum atomic E-state index is -0.515. The molecule has 6 nitrogen and oxygen atoms in total. The van der Waals surface area contributed by atoms with Crippen molar-refractivity contribution in [3.8, 4) is 0 Å². The molecule has 0 aliphatic rings.